The molecule has 172 valence electrons. The Bertz CT molecular complexity index is 763. The lowest BCUT2D eigenvalue weighted by Gasteiger charge is -2.21. The highest BCUT2D eigenvalue weighted by Gasteiger charge is 2.42. The molecule has 1 aromatic rings. The maximum absolute atomic E-state index is 14.6. The van der Waals surface area contributed by atoms with E-state index in [2.05, 4.69) is 28.5 Å². The van der Waals surface area contributed by atoms with E-state index in [1.54, 1.807) is 6.08 Å². The Morgan fingerprint density at radius 2 is 2.00 bits per heavy atom. The molecule has 0 saturated heterocycles. The number of benzene rings is 1. The highest BCUT2D eigenvalue weighted by Crippen LogP contribution is 2.41. The van der Waals surface area contributed by atoms with Gasteiger partial charge in [0, 0.05) is 21.8 Å². The normalized spacial score (nSPS) is 24.3. The van der Waals surface area contributed by atoms with Crippen LogP contribution in [0, 0.1) is 11.8 Å². The number of carbonyl (C=O) groups excluding carboxylic acids is 1. The summed E-state index contributed by atoms with van der Waals surface area (Å²) in [5.41, 5.74) is -0.849. The Morgan fingerprint density at radius 1 is 1.26 bits per heavy atom. The van der Waals surface area contributed by atoms with Crippen molar-refractivity contribution in [3.63, 3.8) is 0 Å². The van der Waals surface area contributed by atoms with E-state index in [1.165, 1.54) is 18.2 Å². The van der Waals surface area contributed by atoms with Gasteiger partial charge in [-0.05, 0) is 49.5 Å². The molecule has 31 heavy (non-hydrogen) atoms. The Hall–Kier alpha value is -1.72. The van der Waals surface area contributed by atoms with Crippen LogP contribution >= 0.6 is 9.47 Å². The molecule has 8 heteroatoms. The fraction of sp³-hybridized carbons (Fsp3) is 0.522. The number of ether oxygens (including phenoxy) is 1. The van der Waals surface area contributed by atoms with E-state index in [-0.39, 0.29) is 24.2 Å². The Morgan fingerprint density at radius 3 is 2.68 bits per heavy atom. The highest BCUT2D eigenvalue weighted by atomic mass is 31.0. The van der Waals surface area contributed by atoms with E-state index in [0.717, 1.165) is 37.8 Å². The van der Waals surface area contributed by atoms with Gasteiger partial charge in [-0.2, -0.15) is 13.2 Å². The number of rotatable bonds is 11. The zero-order valence-corrected chi connectivity index (χ0v) is 18.6. The van der Waals surface area contributed by atoms with E-state index >= 15 is 0 Å². The molecular weight excluding hydrogens is 431 g/mol. The SMILES string of the molecule is CCC/C=C\CC[C@H]1C(OP)CC(F)[C@@H]1/C=C/C(=O)COc1cccc(C(F)(F)F)c1. The van der Waals surface area contributed by atoms with Crippen LogP contribution in [0.5, 0.6) is 5.75 Å². The van der Waals surface area contributed by atoms with Gasteiger partial charge in [0.15, 0.2) is 12.4 Å². The van der Waals surface area contributed by atoms with Crippen LogP contribution in [0.25, 0.3) is 0 Å². The summed E-state index contributed by atoms with van der Waals surface area (Å²) in [5, 5.41) is 0. The molecule has 2 rings (SSSR count). The van der Waals surface area contributed by atoms with Crippen molar-refractivity contribution < 1.29 is 31.6 Å². The van der Waals surface area contributed by atoms with E-state index in [0.29, 0.717) is 0 Å². The maximum Gasteiger partial charge on any atom is 0.416 e. The zero-order valence-electron chi connectivity index (χ0n) is 17.5. The zero-order chi connectivity index (χ0) is 22.9. The number of allylic oxidation sites excluding steroid dienone is 3. The summed E-state index contributed by atoms with van der Waals surface area (Å²) in [5.74, 6) is -1.01. The molecule has 0 radical (unpaired) electrons. The Kier molecular flexibility index (Phi) is 10.2. The van der Waals surface area contributed by atoms with Crippen LogP contribution in [0.2, 0.25) is 0 Å². The number of unbranched alkanes of at least 4 members (excludes halogenated alkanes) is 1. The number of carbonyl (C=O) groups is 1. The molecule has 0 aromatic heterocycles. The second-order valence-electron chi connectivity index (χ2n) is 7.64. The monoisotopic (exact) mass is 460 g/mol. The molecule has 3 unspecified atom stereocenters. The van der Waals surface area contributed by atoms with E-state index in [4.69, 9.17) is 9.26 Å². The van der Waals surface area contributed by atoms with Crippen molar-refractivity contribution in [1.82, 2.24) is 0 Å². The van der Waals surface area contributed by atoms with Crippen molar-refractivity contribution in [2.24, 2.45) is 11.8 Å². The van der Waals surface area contributed by atoms with Gasteiger partial charge in [0.25, 0.3) is 0 Å². The van der Waals surface area contributed by atoms with Crippen molar-refractivity contribution in [3.05, 3.63) is 54.1 Å². The molecule has 1 aliphatic rings. The molecule has 0 spiro atoms. The maximum atomic E-state index is 14.6. The van der Waals surface area contributed by atoms with E-state index < -0.39 is 36.2 Å². The average Bonchev–Trinajstić information content (AvgIpc) is 3.04. The first-order valence-corrected chi connectivity index (χ1v) is 10.9. The van der Waals surface area contributed by atoms with Gasteiger partial charge in [0.1, 0.15) is 11.9 Å². The fourth-order valence-corrected chi connectivity index (χ4v) is 4.06. The van der Waals surface area contributed by atoms with Gasteiger partial charge in [-0.1, -0.05) is 37.6 Å². The van der Waals surface area contributed by atoms with Crippen LogP contribution in [0.4, 0.5) is 17.6 Å². The number of alkyl halides is 4. The summed E-state index contributed by atoms with van der Waals surface area (Å²) >= 11 is 0. The summed E-state index contributed by atoms with van der Waals surface area (Å²) in [4.78, 5) is 12.1. The van der Waals surface area contributed by atoms with Gasteiger partial charge in [0.2, 0.25) is 0 Å². The van der Waals surface area contributed by atoms with Gasteiger partial charge in [0.05, 0.1) is 11.7 Å². The lowest BCUT2D eigenvalue weighted by atomic mass is 9.89. The average molecular weight is 460 g/mol. The fourth-order valence-electron chi connectivity index (χ4n) is 3.74. The molecular formula is C23H29F4O3P. The quantitative estimate of drug-likeness (QED) is 0.164. The van der Waals surface area contributed by atoms with Crippen LogP contribution in [0.1, 0.15) is 44.6 Å². The Labute approximate surface area is 183 Å². The summed E-state index contributed by atoms with van der Waals surface area (Å²) < 4.78 is 63.4. The van der Waals surface area contributed by atoms with Gasteiger partial charge in [-0.25, -0.2) is 4.39 Å². The second kappa shape index (κ2) is 12.4. The van der Waals surface area contributed by atoms with Crippen LogP contribution in [-0.2, 0) is 15.5 Å². The third-order valence-electron chi connectivity index (χ3n) is 5.36. The van der Waals surface area contributed by atoms with E-state index in [1.807, 2.05) is 0 Å². The molecule has 3 nitrogen and oxygen atoms in total. The van der Waals surface area contributed by atoms with Crippen LogP contribution in [-0.4, -0.2) is 24.7 Å². The first-order valence-electron chi connectivity index (χ1n) is 10.4. The third kappa shape index (κ3) is 8.04. The van der Waals surface area contributed by atoms with Crippen molar-refractivity contribution >= 4 is 15.2 Å². The molecule has 0 aliphatic heterocycles. The molecule has 1 aromatic carbocycles. The minimum atomic E-state index is -4.49. The van der Waals surface area contributed by atoms with Gasteiger partial charge in [-0.3, -0.25) is 4.79 Å². The summed E-state index contributed by atoms with van der Waals surface area (Å²) in [6, 6.07) is 4.34. The molecule has 1 fully saturated rings. The molecule has 0 N–H and O–H groups in total. The van der Waals surface area contributed by atoms with Crippen LogP contribution in [0.15, 0.2) is 48.6 Å². The molecule has 0 amide bonds. The van der Waals surface area contributed by atoms with Crippen molar-refractivity contribution in [3.8, 4) is 5.75 Å². The molecule has 1 saturated carbocycles. The standard InChI is InChI=1S/C23H29F4O3P/c1-2-3-4-5-6-10-20-19(21(24)14-22(20)30-31)12-11-17(28)15-29-18-9-7-8-16(13-18)23(25,26)27/h4-5,7-9,11-13,19-22H,2-3,6,10,14-15,31H2,1H3/b5-4-,12-11+/t19-,20-,21?,22?/m1/s1. The summed E-state index contributed by atoms with van der Waals surface area (Å²) in [6.07, 6.45) is 5.03. The lowest BCUT2D eigenvalue weighted by Crippen LogP contribution is -2.20. The minimum Gasteiger partial charge on any atom is -0.485 e. The van der Waals surface area contributed by atoms with Crippen molar-refractivity contribution in [2.45, 2.75) is 57.5 Å². The van der Waals surface area contributed by atoms with Crippen LogP contribution < -0.4 is 4.74 Å². The topological polar surface area (TPSA) is 35.5 Å². The van der Waals surface area contributed by atoms with Crippen LogP contribution in [0.3, 0.4) is 0 Å². The molecule has 5 atom stereocenters. The van der Waals surface area contributed by atoms with Gasteiger partial charge in [-0.15, -0.1) is 0 Å². The first-order chi connectivity index (χ1) is 14.8. The Balaban J connectivity index is 1.94. The minimum absolute atomic E-state index is 0.0472. The third-order valence-corrected chi connectivity index (χ3v) is 5.71. The highest BCUT2D eigenvalue weighted by molar-refractivity contribution is 7.09. The van der Waals surface area contributed by atoms with Gasteiger partial charge < -0.3 is 9.26 Å². The number of ketones is 1. The van der Waals surface area contributed by atoms with Gasteiger partial charge >= 0.3 is 6.18 Å². The second-order valence-corrected chi connectivity index (χ2v) is 7.92. The summed E-state index contributed by atoms with van der Waals surface area (Å²) in [6.45, 7) is 1.68. The first kappa shape index (κ1) is 25.5. The molecule has 0 bridgehead atoms. The largest absolute Gasteiger partial charge is 0.485 e. The molecule has 1 aliphatic carbocycles. The number of hydrogen-bond donors (Lipinski definition) is 0. The van der Waals surface area contributed by atoms with Crippen molar-refractivity contribution in [1.29, 1.82) is 0 Å². The molecule has 0 heterocycles. The number of hydrogen-bond acceptors (Lipinski definition) is 3. The predicted octanol–water partition coefficient (Wildman–Crippen LogP) is 6.50. The number of halogens is 4. The lowest BCUT2D eigenvalue weighted by molar-refractivity contribution is -0.137. The van der Waals surface area contributed by atoms with Crippen molar-refractivity contribution in [2.75, 3.05) is 6.61 Å². The van der Waals surface area contributed by atoms with E-state index in [9.17, 15) is 22.4 Å². The summed E-state index contributed by atoms with van der Waals surface area (Å²) in [7, 11) is 2.20. The smallest absolute Gasteiger partial charge is 0.416 e. The predicted molar refractivity (Wildman–Crippen MR) is 115 cm³/mol.